The van der Waals surface area contributed by atoms with Crippen molar-refractivity contribution in [2.75, 3.05) is 64.3 Å². The fraction of sp³-hybridized carbons (Fsp3) is 0.435. The van der Waals surface area contributed by atoms with Crippen LogP contribution in [-0.2, 0) is 11.2 Å². The van der Waals surface area contributed by atoms with Crippen LogP contribution in [-0.4, -0.2) is 65.3 Å². The highest BCUT2D eigenvalue weighted by Crippen LogP contribution is 2.28. The molecule has 1 aliphatic rings. The zero-order valence-corrected chi connectivity index (χ0v) is 17.9. The topological polar surface area (TPSA) is 45.2 Å². The van der Waals surface area contributed by atoms with E-state index in [9.17, 15) is 4.79 Å². The molecule has 0 atom stereocenters. The highest BCUT2D eigenvalue weighted by Gasteiger charge is 2.21. The highest BCUT2D eigenvalue weighted by molar-refractivity contribution is 5.77. The van der Waals surface area contributed by atoms with Crippen LogP contribution in [0.1, 0.15) is 12.0 Å². The maximum Gasteiger partial charge on any atom is 0.223 e. The van der Waals surface area contributed by atoms with E-state index < -0.39 is 0 Å². The van der Waals surface area contributed by atoms with Crippen molar-refractivity contribution in [1.29, 1.82) is 0 Å². The molecule has 0 spiro atoms. The number of carbonyl (C=O) groups is 1. The molecule has 1 aliphatic heterocycles. The summed E-state index contributed by atoms with van der Waals surface area (Å²) in [7, 11) is 7.33. The third kappa shape index (κ3) is 5.13. The molecule has 1 fully saturated rings. The lowest BCUT2D eigenvalue weighted by molar-refractivity contribution is -0.131. The van der Waals surface area contributed by atoms with E-state index in [1.54, 1.807) is 14.2 Å². The van der Waals surface area contributed by atoms with Gasteiger partial charge < -0.3 is 24.2 Å². The van der Waals surface area contributed by atoms with Gasteiger partial charge in [-0.05, 0) is 48.4 Å². The molecule has 156 valence electrons. The van der Waals surface area contributed by atoms with Crippen molar-refractivity contribution < 1.29 is 14.3 Å². The summed E-state index contributed by atoms with van der Waals surface area (Å²) in [5.41, 5.74) is 3.49. The molecule has 2 aromatic rings. The Labute approximate surface area is 173 Å². The molecule has 6 nitrogen and oxygen atoms in total. The Hall–Kier alpha value is -2.89. The largest absolute Gasteiger partial charge is 0.493 e. The molecule has 1 amide bonds. The smallest absolute Gasteiger partial charge is 0.223 e. The number of rotatable bonds is 7. The third-order valence-corrected chi connectivity index (χ3v) is 5.44. The molecular weight excluding hydrogens is 366 g/mol. The first-order valence-electron chi connectivity index (χ1n) is 10.0. The molecule has 3 rings (SSSR count). The third-order valence-electron chi connectivity index (χ3n) is 5.44. The van der Waals surface area contributed by atoms with Gasteiger partial charge in [0.1, 0.15) is 0 Å². The number of benzene rings is 2. The summed E-state index contributed by atoms with van der Waals surface area (Å²) in [5.74, 6) is 1.62. The maximum absolute atomic E-state index is 12.7. The Morgan fingerprint density at radius 1 is 0.931 bits per heavy atom. The average molecular weight is 398 g/mol. The van der Waals surface area contributed by atoms with Gasteiger partial charge in [-0.2, -0.15) is 0 Å². The number of piperazine rings is 1. The van der Waals surface area contributed by atoms with Crippen molar-refractivity contribution in [2.24, 2.45) is 0 Å². The predicted octanol–water partition coefficient (Wildman–Crippen LogP) is 3.05. The molecule has 0 aliphatic carbocycles. The van der Waals surface area contributed by atoms with Crippen molar-refractivity contribution in [3.05, 3.63) is 48.0 Å². The predicted molar refractivity (Wildman–Crippen MR) is 117 cm³/mol. The van der Waals surface area contributed by atoms with Crippen LogP contribution in [0.5, 0.6) is 11.5 Å². The molecule has 0 radical (unpaired) electrons. The molecule has 0 bridgehead atoms. The first kappa shape index (κ1) is 20.8. The van der Waals surface area contributed by atoms with Crippen molar-refractivity contribution in [2.45, 2.75) is 12.8 Å². The molecule has 0 unspecified atom stereocenters. The number of methoxy groups -OCH3 is 2. The summed E-state index contributed by atoms with van der Waals surface area (Å²) in [6.07, 6.45) is 1.21. The number of amides is 1. The van der Waals surface area contributed by atoms with Crippen molar-refractivity contribution in [1.82, 2.24) is 4.90 Å². The van der Waals surface area contributed by atoms with Crippen LogP contribution >= 0.6 is 0 Å². The van der Waals surface area contributed by atoms with Gasteiger partial charge in [0.05, 0.1) is 14.2 Å². The van der Waals surface area contributed by atoms with E-state index in [1.165, 1.54) is 11.4 Å². The van der Waals surface area contributed by atoms with Gasteiger partial charge in [-0.1, -0.05) is 6.07 Å². The van der Waals surface area contributed by atoms with Gasteiger partial charge in [-0.25, -0.2) is 0 Å². The van der Waals surface area contributed by atoms with E-state index in [0.29, 0.717) is 24.3 Å². The van der Waals surface area contributed by atoms with E-state index in [-0.39, 0.29) is 5.91 Å². The van der Waals surface area contributed by atoms with Crippen molar-refractivity contribution in [3.8, 4) is 11.5 Å². The van der Waals surface area contributed by atoms with Crippen LogP contribution in [0.15, 0.2) is 42.5 Å². The number of ether oxygens (including phenoxy) is 2. The molecule has 1 heterocycles. The summed E-state index contributed by atoms with van der Waals surface area (Å²) in [4.78, 5) is 19.1. The molecule has 0 aromatic heterocycles. The van der Waals surface area contributed by atoms with Gasteiger partial charge in [0.15, 0.2) is 11.5 Å². The van der Waals surface area contributed by atoms with Crippen LogP contribution in [0.2, 0.25) is 0 Å². The second-order valence-corrected chi connectivity index (χ2v) is 7.47. The van der Waals surface area contributed by atoms with Crippen LogP contribution in [0.25, 0.3) is 0 Å². The SMILES string of the molecule is COc1ccc(CCC(=O)N2CCN(c3ccc(N(C)C)cc3)CC2)cc1OC. The monoisotopic (exact) mass is 397 g/mol. The van der Waals surface area contributed by atoms with Crippen LogP contribution in [0.3, 0.4) is 0 Å². The molecule has 6 heteroatoms. The number of hydrogen-bond donors (Lipinski definition) is 0. The number of hydrogen-bond acceptors (Lipinski definition) is 5. The van der Waals surface area contributed by atoms with Gasteiger partial charge in [0, 0.05) is 58.1 Å². The van der Waals surface area contributed by atoms with Gasteiger partial charge >= 0.3 is 0 Å². The summed E-state index contributed by atoms with van der Waals surface area (Å²) >= 11 is 0. The lowest BCUT2D eigenvalue weighted by atomic mass is 10.1. The minimum atomic E-state index is 0.211. The quantitative estimate of drug-likeness (QED) is 0.719. The van der Waals surface area contributed by atoms with Gasteiger partial charge in [-0.3, -0.25) is 4.79 Å². The lowest BCUT2D eigenvalue weighted by Crippen LogP contribution is -2.48. The van der Waals surface area contributed by atoms with Gasteiger partial charge in [0.2, 0.25) is 5.91 Å². The highest BCUT2D eigenvalue weighted by atomic mass is 16.5. The van der Waals surface area contributed by atoms with Gasteiger partial charge in [-0.15, -0.1) is 0 Å². The van der Waals surface area contributed by atoms with Crippen molar-refractivity contribution >= 4 is 17.3 Å². The Bertz CT molecular complexity index is 813. The van der Waals surface area contributed by atoms with Crippen LogP contribution in [0.4, 0.5) is 11.4 Å². The minimum Gasteiger partial charge on any atom is -0.493 e. The summed E-state index contributed by atoms with van der Waals surface area (Å²) in [6, 6.07) is 14.4. The zero-order valence-electron chi connectivity index (χ0n) is 17.9. The van der Waals surface area contributed by atoms with Crippen molar-refractivity contribution in [3.63, 3.8) is 0 Å². The van der Waals surface area contributed by atoms with Crippen LogP contribution in [0, 0.1) is 0 Å². The average Bonchev–Trinajstić information content (AvgIpc) is 2.77. The lowest BCUT2D eigenvalue weighted by Gasteiger charge is -2.36. The van der Waals surface area contributed by atoms with E-state index in [2.05, 4.69) is 34.1 Å². The van der Waals surface area contributed by atoms with E-state index in [4.69, 9.17) is 9.47 Å². The molecule has 1 saturated heterocycles. The first-order chi connectivity index (χ1) is 14.0. The Balaban J connectivity index is 1.50. The van der Waals surface area contributed by atoms with E-state index >= 15 is 0 Å². The number of carbonyl (C=O) groups excluding carboxylic acids is 1. The number of anilines is 2. The fourth-order valence-electron chi connectivity index (χ4n) is 3.62. The Morgan fingerprint density at radius 3 is 2.17 bits per heavy atom. The molecule has 0 N–H and O–H groups in total. The Kier molecular flexibility index (Phi) is 6.86. The van der Waals surface area contributed by atoms with E-state index in [0.717, 1.165) is 31.7 Å². The first-order valence-corrected chi connectivity index (χ1v) is 10.0. The number of nitrogens with zero attached hydrogens (tertiary/aromatic N) is 3. The summed E-state index contributed by atoms with van der Waals surface area (Å²) in [5, 5.41) is 0. The second-order valence-electron chi connectivity index (χ2n) is 7.47. The normalized spacial score (nSPS) is 13.9. The molecule has 29 heavy (non-hydrogen) atoms. The standard InChI is InChI=1S/C23H31N3O3/c1-24(2)19-7-9-20(10-8-19)25-13-15-26(16-14-25)23(27)12-6-18-5-11-21(28-3)22(17-18)29-4/h5,7-11,17H,6,12-16H2,1-4H3. The van der Waals surface area contributed by atoms with Crippen LogP contribution < -0.4 is 19.3 Å². The summed E-state index contributed by atoms with van der Waals surface area (Å²) in [6.45, 7) is 3.26. The fourth-order valence-corrected chi connectivity index (χ4v) is 3.62. The van der Waals surface area contributed by atoms with Gasteiger partial charge in [0.25, 0.3) is 0 Å². The number of aryl methyl sites for hydroxylation is 1. The molecule has 0 saturated carbocycles. The Morgan fingerprint density at radius 2 is 1.59 bits per heavy atom. The maximum atomic E-state index is 12.7. The minimum absolute atomic E-state index is 0.211. The second kappa shape index (κ2) is 9.54. The van der Waals surface area contributed by atoms with E-state index in [1.807, 2.05) is 37.2 Å². The zero-order chi connectivity index (χ0) is 20.8. The summed E-state index contributed by atoms with van der Waals surface area (Å²) < 4.78 is 10.6. The molecular formula is C23H31N3O3. The molecule has 2 aromatic carbocycles.